The third-order valence-corrected chi connectivity index (χ3v) is 2.13. The van der Waals surface area contributed by atoms with Crippen LogP contribution in [0.4, 0.5) is 0 Å². The number of carbonyl (C=O) groups excluding carboxylic acids is 1. The molecule has 1 aromatic carbocycles. The fraction of sp³-hybridized carbons (Fsp3) is 0.250. The van der Waals surface area contributed by atoms with Crippen molar-refractivity contribution in [1.82, 2.24) is 0 Å². The molecular weight excluding hydrogens is 212 g/mol. The van der Waals surface area contributed by atoms with E-state index in [0.29, 0.717) is 5.02 Å². The second kappa shape index (κ2) is 5.69. The van der Waals surface area contributed by atoms with E-state index in [4.69, 9.17) is 11.6 Å². The molecule has 15 heavy (non-hydrogen) atoms. The zero-order valence-electron chi connectivity index (χ0n) is 8.48. The topological polar surface area (TPSA) is 37.3 Å². The predicted octanol–water partition coefficient (Wildman–Crippen LogP) is 2.69. The van der Waals surface area contributed by atoms with Crippen LogP contribution in [0.3, 0.4) is 0 Å². The molecular formula is C12H13ClO2. The molecule has 1 rings (SSSR count). The highest BCUT2D eigenvalue weighted by Crippen LogP contribution is 2.11. The first-order valence-electron chi connectivity index (χ1n) is 4.69. The minimum absolute atomic E-state index is 0.0248. The van der Waals surface area contributed by atoms with Gasteiger partial charge in [0.1, 0.15) is 5.78 Å². The van der Waals surface area contributed by atoms with Gasteiger partial charge in [-0.15, -0.1) is 0 Å². The van der Waals surface area contributed by atoms with Gasteiger partial charge in [0.2, 0.25) is 0 Å². The monoisotopic (exact) mass is 224 g/mol. The quantitative estimate of drug-likeness (QED) is 0.854. The lowest BCUT2D eigenvalue weighted by Gasteiger charge is -2.01. The standard InChI is InChI=1S/C12H13ClO2/c1-9(14)8-12(15)7-4-10-2-5-11(13)6-3-10/h2-7,12,15H,8H2,1H3/b7-4+. The molecule has 1 aromatic rings. The van der Waals surface area contributed by atoms with Crippen molar-refractivity contribution in [3.05, 3.63) is 40.9 Å². The number of halogens is 1. The molecule has 0 aliphatic heterocycles. The van der Waals surface area contributed by atoms with E-state index in [1.165, 1.54) is 6.92 Å². The van der Waals surface area contributed by atoms with Crippen molar-refractivity contribution in [3.63, 3.8) is 0 Å². The minimum Gasteiger partial charge on any atom is -0.389 e. The van der Waals surface area contributed by atoms with Crippen LogP contribution in [0.5, 0.6) is 0 Å². The lowest BCUT2D eigenvalue weighted by Crippen LogP contribution is -2.07. The first-order chi connectivity index (χ1) is 7.08. The minimum atomic E-state index is -0.710. The third-order valence-electron chi connectivity index (χ3n) is 1.88. The highest BCUT2D eigenvalue weighted by Gasteiger charge is 2.01. The summed E-state index contributed by atoms with van der Waals surface area (Å²) in [4.78, 5) is 10.7. The summed E-state index contributed by atoms with van der Waals surface area (Å²) in [6.07, 6.45) is 2.82. The maximum atomic E-state index is 10.7. The molecule has 0 aromatic heterocycles. The Balaban J connectivity index is 2.57. The van der Waals surface area contributed by atoms with Crippen molar-refractivity contribution in [2.75, 3.05) is 0 Å². The molecule has 0 amide bonds. The molecule has 2 nitrogen and oxygen atoms in total. The van der Waals surface area contributed by atoms with Crippen LogP contribution >= 0.6 is 11.6 Å². The van der Waals surface area contributed by atoms with E-state index in [-0.39, 0.29) is 12.2 Å². The van der Waals surface area contributed by atoms with E-state index < -0.39 is 6.10 Å². The van der Waals surface area contributed by atoms with Gasteiger partial charge >= 0.3 is 0 Å². The Morgan fingerprint density at radius 3 is 2.60 bits per heavy atom. The van der Waals surface area contributed by atoms with Crippen molar-refractivity contribution in [2.24, 2.45) is 0 Å². The van der Waals surface area contributed by atoms with Crippen LogP contribution in [-0.4, -0.2) is 17.0 Å². The predicted molar refractivity (Wildman–Crippen MR) is 61.8 cm³/mol. The van der Waals surface area contributed by atoms with Crippen molar-refractivity contribution < 1.29 is 9.90 Å². The summed E-state index contributed by atoms with van der Waals surface area (Å²) in [5.74, 6) is -0.0248. The molecule has 0 saturated carbocycles. The number of hydrogen-bond acceptors (Lipinski definition) is 2. The molecule has 3 heteroatoms. The van der Waals surface area contributed by atoms with Crippen LogP contribution in [0, 0.1) is 0 Å². The Hall–Kier alpha value is -1.12. The van der Waals surface area contributed by atoms with E-state index in [1.807, 2.05) is 12.1 Å². The summed E-state index contributed by atoms with van der Waals surface area (Å²) in [7, 11) is 0. The van der Waals surface area contributed by atoms with Crippen LogP contribution < -0.4 is 0 Å². The second-order valence-electron chi connectivity index (χ2n) is 3.38. The van der Waals surface area contributed by atoms with Crippen LogP contribution in [0.25, 0.3) is 6.08 Å². The number of aliphatic hydroxyl groups is 1. The van der Waals surface area contributed by atoms with Gasteiger partial charge in [0.05, 0.1) is 6.10 Å². The summed E-state index contributed by atoms with van der Waals surface area (Å²) in [6, 6.07) is 7.25. The summed E-state index contributed by atoms with van der Waals surface area (Å²) in [5.41, 5.74) is 0.946. The van der Waals surface area contributed by atoms with Crippen molar-refractivity contribution >= 4 is 23.5 Å². The van der Waals surface area contributed by atoms with Crippen LogP contribution in [0.2, 0.25) is 5.02 Å². The molecule has 0 heterocycles. The van der Waals surface area contributed by atoms with Gasteiger partial charge in [0.15, 0.2) is 0 Å². The number of ketones is 1. The molecule has 1 unspecified atom stereocenters. The van der Waals surface area contributed by atoms with E-state index in [0.717, 1.165) is 5.56 Å². The molecule has 0 aliphatic rings. The molecule has 80 valence electrons. The summed E-state index contributed by atoms with van der Waals surface area (Å²) in [5, 5.41) is 10.1. The molecule has 0 saturated heterocycles. The highest BCUT2D eigenvalue weighted by atomic mass is 35.5. The van der Waals surface area contributed by atoms with Crippen LogP contribution in [0.1, 0.15) is 18.9 Å². The molecule has 1 atom stereocenters. The van der Waals surface area contributed by atoms with Gasteiger partial charge in [-0.3, -0.25) is 4.79 Å². The molecule has 0 aliphatic carbocycles. The zero-order chi connectivity index (χ0) is 11.3. The maximum Gasteiger partial charge on any atom is 0.132 e. The normalized spacial score (nSPS) is 13.0. The first kappa shape index (κ1) is 12.0. The molecule has 0 radical (unpaired) electrons. The van der Waals surface area contributed by atoms with E-state index >= 15 is 0 Å². The Morgan fingerprint density at radius 1 is 1.47 bits per heavy atom. The molecule has 0 fully saturated rings. The van der Waals surface area contributed by atoms with Crippen LogP contribution in [0.15, 0.2) is 30.3 Å². The Bertz CT molecular complexity index is 354. The molecule has 0 bridgehead atoms. The Labute approximate surface area is 94.2 Å². The number of benzene rings is 1. The number of Topliss-reactive ketones (excluding diaryl/α,β-unsaturated/α-hetero) is 1. The van der Waals surface area contributed by atoms with Gasteiger partial charge in [-0.25, -0.2) is 0 Å². The lowest BCUT2D eigenvalue weighted by atomic mass is 10.1. The molecule has 0 spiro atoms. The van der Waals surface area contributed by atoms with Gasteiger partial charge in [0.25, 0.3) is 0 Å². The number of carbonyl (C=O) groups is 1. The fourth-order valence-corrected chi connectivity index (χ4v) is 1.28. The zero-order valence-corrected chi connectivity index (χ0v) is 9.24. The van der Waals surface area contributed by atoms with E-state index in [2.05, 4.69) is 0 Å². The number of rotatable bonds is 4. The lowest BCUT2D eigenvalue weighted by molar-refractivity contribution is -0.118. The van der Waals surface area contributed by atoms with Gasteiger partial charge in [0, 0.05) is 11.4 Å². The summed E-state index contributed by atoms with van der Waals surface area (Å²) in [6.45, 7) is 1.46. The first-order valence-corrected chi connectivity index (χ1v) is 5.07. The van der Waals surface area contributed by atoms with Crippen molar-refractivity contribution in [3.8, 4) is 0 Å². The highest BCUT2D eigenvalue weighted by molar-refractivity contribution is 6.30. The third kappa shape index (κ3) is 4.77. The van der Waals surface area contributed by atoms with Gasteiger partial charge in [-0.05, 0) is 24.6 Å². The Kier molecular flexibility index (Phi) is 4.53. The smallest absolute Gasteiger partial charge is 0.132 e. The summed E-state index contributed by atoms with van der Waals surface area (Å²) < 4.78 is 0. The van der Waals surface area contributed by atoms with Crippen molar-refractivity contribution in [1.29, 1.82) is 0 Å². The average Bonchev–Trinajstić information content (AvgIpc) is 2.16. The second-order valence-corrected chi connectivity index (χ2v) is 3.82. The SMILES string of the molecule is CC(=O)CC(O)/C=C/c1ccc(Cl)cc1. The summed E-state index contributed by atoms with van der Waals surface area (Å²) >= 11 is 5.73. The van der Waals surface area contributed by atoms with Crippen LogP contribution in [-0.2, 0) is 4.79 Å². The number of hydrogen-bond donors (Lipinski definition) is 1. The van der Waals surface area contributed by atoms with Gasteiger partial charge < -0.3 is 5.11 Å². The maximum absolute atomic E-state index is 10.7. The van der Waals surface area contributed by atoms with E-state index in [9.17, 15) is 9.90 Å². The molecule has 1 N–H and O–H groups in total. The van der Waals surface area contributed by atoms with Gasteiger partial charge in [-0.1, -0.05) is 35.9 Å². The Morgan fingerprint density at radius 2 is 2.07 bits per heavy atom. The average molecular weight is 225 g/mol. The van der Waals surface area contributed by atoms with E-state index in [1.54, 1.807) is 24.3 Å². The largest absolute Gasteiger partial charge is 0.389 e. The van der Waals surface area contributed by atoms with Crippen molar-refractivity contribution in [2.45, 2.75) is 19.4 Å². The number of aliphatic hydroxyl groups excluding tert-OH is 1. The fourth-order valence-electron chi connectivity index (χ4n) is 1.16. The van der Waals surface area contributed by atoms with Gasteiger partial charge in [-0.2, -0.15) is 0 Å².